The van der Waals surface area contributed by atoms with Crippen LogP contribution in [0.2, 0.25) is 0 Å². The summed E-state index contributed by atoms with van der Waals surface area (Å²) in [4.78, 5) is 14.1. The Morgan fingerprint density at radius 2 is 2.00 bits per heavy atom. The van der Waals surface area contributed by atoms with E-state index in [9.17, 15) is 9.18 Å². The Morgan fingerprint density at radius 1 is 1.35 bits per heavy atom. The van der Waals surface area contributed by atoms with Crippen LogP contribution in [0.5, 0.6) is 0 Å². The molecule has 7 heteroatoms. The SMILES string of the molecule is CC(C)OC(=O)[C@@](N)(CC(C)(C)C)c1ccc(-c2cnn(C)n2)c(F)c1. The number of halogens is 1. The topological polar surface area (TPSA) is 83.0 Å². The second-order valence-corrected chi connectivity index (χ2v) is 8.08. The summed E-state index contributed by atoms with van der Waals surface area (Å²) in [5.41, 5.74) is 5.88. The molecule has 0 unspecified atom stereocenters. The maximum atomic E-state index is 14.7. The highest BCUT2D eigenvalue weighted by Crippen LogP contribution is 2.36. The molecule has 0 aliphatic heterocycles. The molecule has 0 aliphatic rings. The molecule has 1 heterocycles. The molecule has 0 spiro atoms. The van der Waals surface area contributed by atoms with Crippen LogP contribution < -0.4 is 5.73 Å². The average Bonchev–Trinajstić information content (AvgIpc) is 2.90. The zero-order chi connectivity index (χ0) is 19.7. The van der Waals surface area contributed by atoms with Gasteiger partial charge in [0.15, 0.2) is 0 Å². The van der Waals surface area contributed by atoms with Gasteiger partial charge in [0.1, 0.15) is 17.1 Å². The van der Waals surface area contributed by atoms with Crippen molar-refractivity contribution in [2.45, 2.75) is 52.7 Å². The van der Waals surface area contributed by atoms with Gasteiger partial charge in [-0.1, -0.05) is 26.8 Å². The second-order valence-electron chi connectivity index (χ2n) is 8.08. The summed E-state index contributed by atoms with van der Waals surface area (Å²) in [5, 5.41) is 8.06. The van der Waals surface area contributed by atoms with Crippen molar-refractivity contribution in [3.05, 3.63) is 35.8 Å². The molecule has 0 fully saturated rings. The van der Waals surface area contributed by atoms with E-state index >= 15 is 0 Å². The van der Waals surface area contributed by atoms with E-state index in [1.807, 2.05) is 20.8 Å². The van der Waals surface area contributed by atoms with Gasteiger partial charge in [-0.15, -0.1) is 0 Å². The molecular formula is C19H27FN4O2. The Hall–Kier alpha value is -2.28. The van der Waals surface area contributed by atoms with E-state index in [0.29, 0.717) is 23.2 Å². The van der Waals surface area contributed by atoms with Crippen molar-refractivity contribution < 1.29 is 13.9 Å². The Bertz CT molecular complexity index is 795. The molecule has 1 aromatic heterocycles. The first-order valence-corrected chi connectivity index (χ1v) is 8.59. The van der Waals surface area contributed by atoms with Gasteiger partial charge in [-0.05, 0) is 43.4 Å². The van der Waals surface area contributed by atoms with E-state index in [-0.39, 0.29) is 11.5 Å². The quantitative estimate of drug-likeness (QED) is 0.826. The average molecular weight is 362 g/mol. The summed E-state index contributed by atoms with van der Waals surface area (Å²) in [6, 6.07) is 4.51. The van der Waals surface area contributed by atoms with E-state index in [1.54, 1.807) is 33.0 Å². The molecule has 0 aliphatic carbocycles. The van der Waals surface area contributed by atoms with Crippen molar-refractivity contribution in [2.75, 3.05) is 0 Å². The van der Waals surface area contributed by atoms with Crippen molar-refractivity contribution in [3.8, 4) is 11.3 Å². The van der Waals surface area contributed by atoms with E-state index in [2.05, 4.69) is 10.2 Å². The van der Waals surface area contributed by atoms with E-state index in [4.69, 9.17) is 10.5 Å². The fourth-order valence-corrected chi connectivity index (χ4v) is 2.92. The predicted octanol–water partition coefficient (Wildman–Crippen LogP) is 3.16. The van der Waals surface area contributed by atoms with Crippen molar-refractivity contribution in [1.82, 2.24) is 15.0 Å². The molecule has 142 valence electrons. The number of carbonyl (C=O) groups is 1. The lowest BCUT2D eigenvalue weighted by Crippen LogP contribution is -2.49. The number of nitrogens with two attached hydrogens (primary N) is 1. The van der Waals surface area contributed by atoms with Crippen LogP contribution in [0.1, 0.15) is 46.6 Å². The van der Waals surface area contributed by atoms with E-state index in [1.165, 1.54) is 17.1 Å². The lowest BCUT2D eigenvalue weighted by molar-refractivity contribution is -0.156. The number of esters is 1. The molecule has 2 aromatic rings. The maximum absolute atomic E-state index is 14.7. The van der Waals surface area contributed by atoms with Gasteiger partial charge in [-0.25, -0.2) is 9.18 Å². The first-order valence-electron chi connectivity index (χ1n) is 8.59. The maximum Gasteiger partial charge on any atom is 0.331 e. The number of rotatable bonds is 5. The number of ether oxygens (including phenoxy) is 1. The monoisotopic (exact) mass is 362 g/mol. The Morgan fingerprint density at radius 3 is 2.46 bits per heavy atom. The lowest BCUT2D eigenvalue weighted by Gasteiger charge is -2.34. The van der Waals surface area contributed by atoms with Crippen molar-refractivity contribution >= 4 is 5.97 Å². The molecule has 6 nitrogen and oxygen atoms in total. The summed E-state index contributed by atoms with van der Waals surface area (Å²) in [6.45, 7) is 9.44. The minimum absolute atomic E-state index is 0.259. The Labute approximate surface area is 153 Å². The molecule has 0 radical (unpaired) electrons. The molecule has 1 aromatic carbocycles. The van der Waals surface area contributed by atoms with Crippen LogP contribution in [0.15, 0.2) is 24.4 Å². The number of nitrogens with zero attached hydrogens (tertiary/aromatic N) is 3. The van der Waals surface area contributed by atoms with Crippen LogP contribution in [0.25, 0.3) is 11.3 Å². The summed E-state index contributed by atoms with van der Waals surface area (Å²) < 4.78 is 20.1. The third-order valence-corrected chi connectivity index (χ3v) is 3.88. The zero-order valence-electron chi connectivity index (χ0n) is 16.2. The number of aryl methyl sites for hydroxylation is 1. The Kier molecular flexibility index (Phi) is 5.51. The molecule has 0 saturated heterocycles. The van der Waals surface area contributed by atoms with Gasteiger partial charge in [0.05, 0.1) is 12.3 Å². The summed E-state index contributed by atoms with van der Waals surface area (Å²) in [5.74, 6) is -1.07. The molecule has 0 bridgehead atoms. The third kappa shape index (κ3) is 4.46. The first-order chi connectivity index (χ1) is 11.9. The predicted molar refractivity (Wildman–Crippen MR) is 97.6 cm³/mol. The van der Waals surface area contributed by atoms with Crippen molar-refractivity contribution in [3.63, 3.8) is 0 Å². The van der Waals surface area contributed by atoms with Gasteiger partial charge in [0.2, 0.25) is 0 Å². The minimum atomic E-state index is -1.44. The number of hydrogen-bond donors (Lipinski definition) is 1. The number of carbonyl (C=O) groups excluding carboxylic acids is 1. The number of aromatic nitrogens is 3. The Balaban J connectivity index is 2.48. The van der Waals surface area contributed by atoms with Crippen LogP contribution in [0.3, 0.4) is 0 Å². The number of hydrogen-bond acceptors (Lipinski definition) is 5. The molecular weight excluding hydrogens is 335 g/mol. The highest BCUT2D eigenvalue weighted by atomic mass is 19.1. The first kappa shape index (κ1) is 20.0. The molecule has 0 amide bonds. The highest BCUT2D eigenvalue weighted by Gasteiger charge is 2.42. The van der Waals surface area contributed by atoms with Crippen LogP contribution in [-0.2, 0) is 22.1 Å². The van der Waals surface area contributed by atoms with Crippen LogP contribution in [-0.4, -0.2) is 27.1 Å². The van der Waals surface area contributed by atoms with Crippen LogP contribution in [0, 0.1) is 11.2 Å². The van der Waals surface area contributed by atoms with Gasteiger partial charge in [0.25, 0.3) is 0 Å². The van der Waals surface area contributed by atoms with Crippen molar-refractivity contribution in [1.29, 1.82) is 0 Å². The van der Waals surface area contributed by atoms with Gasteiger partial charge in [0, 0.05) is 12.6 Å². The fourth-order valence-electron chi connectivity index (χ4n) is 2.92. The largest absolute Gasteiger partial charge is 0.461 e. The normalized spacial score (nSPS) is 14.3. The molecule has 2 N–H and O–H groups in total. The standard InChI is InChI=1S/C19H27FN4O2/c1-12(2)26-17(25)19(21,11-18(3,4)5)13-7-8-14(15(20)9-13)16-10-22-24(6)23-16/h7-10,12H,11,21H2,1-6H3/t19-/m1/s1. The third-order valence-electron chi connectivity index (χ3n) is 3.88. The summed E-state index contributed by atoms with van der Waals surface area (Å²) in [7, 11) is 1.66. The smallest absolute Gasteiger partial charge is 0.331 e. The van der Waals surface area contributed by atoms with Gasteiger partial charge in [-0.3, -0.25) is 0 Å². The summed E-state index contributed by atoms with van der Waals surface area (Å²) >= 11 is 0. The lowest BCUT2D eigenvalue weighted by atomic mass is 9.76. The molecule has 26 heavy (non-hydrogen) atoms. The molecule has 0 saturated carbocycles. The fraction of sp³-hybridized carbons (Fsp3) is 0.526. The molecule has 2 rings (SSSR count). The van der Waals surface area contributed by atoms with Crippen LogP contribution in [0.4, 0.5) is 4.39 Å². The highest BCUT2D eigenvalue weighted by molar-refractivity contribution is 5.83. The van der Waals surface area contributed by atoms with Gasteiger partial charge in [-0.2, -0.15) is 15.0 Å². The number of benzene rings is 1. The van der Waals surface area contributed by atoms with E-state index < -0.39 is 17.3 Å². The van der Waals surface area contributed by atoms with Crippen molar-refractivity contribution in [2.24, 2.45) is 18.2 Å². The van der Waals surface area contributed by atoms with Gasteiger partial charge < -0.3 is 10.5 Å². The molecule has 1 atom stereocenters. The van der Waals surface area contributed by atoms with Crippen LogP contribution >= 0.6 is 0 Å². The van der Waals surface area contributed by atoms with E-state index in [0.717, 1.165) is 0 Å². The van der Waals surface area contributed by atoms with Gasteiger partial charge >= 0.3 is 5.97 Å². The summed E-state index contributed by atoms with van der Waals surface area (Å²) in [6.07, 6.45) is 1.49. The zero-order valence-corrected chi connectivity index (χ0v) is 16.2. The minimum Gasteiger partial charge on any atom is -0.461 e. The second kappa shape index (κ2) is 7.15.